The summed E-state index contributed by atoms with van der Waals surface area (Å²) in [5.74, 6) is -2.13. The Labute approximate surface area is 104 Å². The maximum atomic E-state index is 13.2. The third-order valence-corrected chi connectivity index (χ3v) is 2.63. The zero-order valence-corrected chi connectivity index (χ0v) is 10.3. The summed E-state index contributed by atoms with van der Waals surface area (Å²) in [6.45, 7) is 5.31. The van der Waals surface area contributed by atoms with Gasteiger partial charge >= 0.3 is 5.97 Å². The van der Waals surface area contributed by atoms with Crippen molar-refractivity contribution in [1.29, 1.82) is 0 Å². The van der Waals surface area contributed by atoms with Crippen LogP contribution in [0.2, 0.25) is 0 Å². The van der Waals surface area contributed by atoms with E-state index < -0.39 is 23.1 Å². The van der Waals surface area contributed by atoms with E-state index in [1.165, 1.54) is 20.1 Å². The van der Waals surface area contributed by atoms with Gasteiger partial charge in [0.25, 0.3) is 0 Å². The Bertz CT molecular complexity index is 442. The van der Waals surface area contributed by atoms with Gasteiger partial charge < -0.3 is 4.74 Å². The van der Waals surface area contributed by atoms with Crippen molar-refractivity contribution in [2.45, 2.75) is 12.5 Å². The summed E-state index contributed by atoms with van der Waals surface area (Å²) in [6, 6.07) is 2.93. The van der Waals surface area contributed by atoms with Crippen molar-refractivity contribution in [2.75, 3.05) is 13.7 Å². The summed E-state index contributed by atoms with van der Waals surface area (Å²) in [7, 11) is 1.21. The third-order valence-electron chi connectivity index (χ3n) is 2.63. The molecule has 0 spiro atoms. The van der Waals surface area contributed by atoms with Crippen LogP contribution >= 0.6 is 0 Å². The fourth-order valence-electron chi connectivity index (χ4n) is 1.62. The second-order valence-electron chi connectivity index (χ2n) is 3.94. The van der Waals surface area contributed by atoms with Crippen molar-refractivity contribution < 1.29 is 18.3 Å². The molecule has 0 saturated carbocycles. The molecule has 1 unspecified atom stereocenters. The highest BCUT2D eigenvalue weighted by molar-refractivity contribution is 5.82. The SMILES string of the molecule is C=CCNC(C)(C(=O)OC)c1cc(F)cc(F)c1. The highest BCUT2D eigenvalue weighted by atomic mass is 19.1. The molecule has 0 saturated heterocycles. The normalized spacial score (nSPS) is 13.8. The molecule has 0 radical (unpaired) electrons. The number of methoxy groups -OCH3 is 1. The molecule has 1 atom stereocenters. The zero-order chi connectivity index (χ0) is 13.8. The van der Waals surface area contributed by atoms with Crippen LogP contribution in [0.5, 0.6) is 0 Å². The molecular formula is C13H15F2NO2. The molecule has 18 heavy (non-hydrogen) atoms. The predicted molar refractivity (Wildman–Crippen MR) is 63.9 cm³/mol. The molecule has 0 fully saturated rings. The highest BCUT2D eigenvalue weighted by Gasteiger charge is 2.36. The molecule has 0 bridgehead atoms. The molecule has 5 heteroatoms. The number of hydrogen-bond donors (Lipinski definition) is 1. The minimum atomic E-state index is -1.33. The smallest absolute Gasteiger partial charge is 0.330 e. The molecule has 1 aromatic rings. The van der Waals surface area contributed by atoms with Gasteiger partial charge in [0.05, 0.1) is 7.11 Å². The zero-order valence-electron chi connectivity index (χ0n) is 10.3. The van der Waals surface area contributed by atoms with Crippen LogP contribution in [0.25, 0.3) is 0 Å². The summed E-state index contributed by atoms with van der Waals surface area (Å²) in [4.78, 5) is 11.8. The highest BCUT2D eigenvalue weighted by Crippen LogP contribution is 2.24. The minimum Gasteiger partial charge on any atom is -0.467 e. The first-order valence-electron chi connectivity index (χ1n) is 5.35. The summed E-state index contributed by atoms with van der Waals surface area (Å²) in [5.41, 5.74) is -1.17. The van der Waals surface area contributed by atoms with Gasteiger partial charge in [0, 0.05) is 12.6 Å². The van der Waals surface area contributed by atoms with E-state index >= 15 is 0 Å². The van der Waals surface area contributed by atoms with E-state index in [0.717, 1.165) is 18.2 Å². The quantitative estimate of drug-likeness (QED) is 0.647. The van der Waals surface area contributed by atoms with Gasteiger partial charge in [0.1, 0.15) is 17.2 Å². The molecule has 1 N–H and O–H groups in total. The Morgan fingerprint density at radius 1 is 1.44 bits per heavy atom. The Hall–Kier alpha value is -1.75. The first-order chi connectivity index (χ1) is 8.43. The van der Waals surface area contributed by atoms with Gasteiger partial charge in [-0.1, -0.05) is 6.08 Å². The summed E-state index contributed by atoms with van der Waals surface area (Å²) >= 11 is 0. The van der Waals surface area contributed by atoms with Crippen LogP contribution < -0.4 is 5.32 Å². The van der Waals surface area contributed by atoms with Crippen LogP contribution in [0.15, 0.2) is 30.9 Å². The van der Waals surface area contributed by atoms with Crippen LogP contribution in [0.1, 0.15) is 12.5 Å². The molecule has 0 heterocycles. The summed E-state index contributed by atoms with van der Waals surface area (Å²) in [5, 5.41) is 2.84. The molecule has 0 aromatic heterocycles. The number of hydrogen-bond acceptors (Lipinski definition) is 3. The molecule has 1 aromatic carbocycles. The molecule has 0 amide bonds. The fourth-order valence-corrected chi connectivity index (χ4v) is 1.62. The molecule has 0 aliphatic heterocycles. The number of benzene rings is 1. The number of carbonyl (C=O) groups excluding carboxylic acids is 1. The van der Waals surface area contributed by atoms with E-state index in [1.807, 2.05) is 0 Å². The van der Waals surface area contributed by atoms with Crippen LogP contribution in [0, 0.1) is 11.6 Å². The van der Waals surface area contributed by atoms with E-state index in [-0.39, 0.29) is 5.56 Å². The molecule has 98 valence electrons. The van der Waals surface area contributed by atoms with Gasteiger partial charge in [-0.2, -0.15) is 0 Å². The predicted octanol–water partition coefficient (Wildman–Crippen LogP) is 2.13. The van der Waals surface area contributed by atoms with Crippen molar-refractivity contribution in [3.8, 4) is 0 Å². The largest absolute Gasteiger partial charge is 0.467 e. The lowest BCUT2D eigenvalue weighted by molar-refractivity contribution is -0.148. The van der Waals surface area contributed by atoms with E-state index in [4.69, 9.17) is 0 Å². The van der Waals surface area contributed by atoms with Crippen molar-refractivity contribution in [3.05, 3.63) is 48.1 Å². The first kappa shape index (κ1) is 14.3. The Morgan fingerprint density at radius 2 is 2.00 bits per heavy atom. The van der Waals surface area contributed by atoms with Crippen molar-refractivity contribution in [1.82, 2.24) is 5.32 Å². The fraction of sp³-hybridized carbons (Fsp3) is 0.308. The van der Waals surface area contributed by atoms with E-state index in [0.29, 0.717) is 6.54 Å². The summed E-state index contributed by atoms with van der Waals surface area (Å²) < 4.78 is 31.1. The van der Waals surface area contributed by atoms with Crippen molar-refractivity contribution in [3.63, 3.8) is 0 Å². The van der Waals surface area contributed by atoms with Gasteiger partial charge in [0.2, 0.25) is 0 Å². The van der Waals surface area contributed by atoms with Crippen LogP contribution in [0.4, 0.5) is 8.78 Å². The van der Waals surface area contributed by atoms with E-state index in [1.54, 1.807) is 0 Å². The van der Waals surface area contributed by atoms with Gasteiger partial charge in [0.15, 0.2) is 0 Å². The third kappa shape index (κ3) is 2.92. The first-order valence-corrected chi connectivity index (χ1v) is 5.35. The monoisotopic (exact) mass is 255 g/mol. The second kappa shape index (κ2) is 5.73. The van der Waals surface area contributed by atoms with Crippen molar-refractivity contribution >= 4 is 5.97 Å². The number of rotatable bonds is 5. The van der Waals surface area contributed by atoms with E-state index in [2.05, 4.69) is 16.6 Å². The average molecular weight is 255 g/mol. The van der Waals surface area contributed by atoms with Crippen LogP contribution in [0.3, 0.4) is 0 Å². The Kier molecular flexibility index (Phi) is 4.55. The van der Waals surface area contributed by atoms with Crippen LogP contribution in [-0.4, -0.2) is 19.6 Å². The standard InChI is InChI=1S/C13H15F2NO2/c1-4-5-16-13(2,12(17)18-3)9-6-10(14)8-11(15)7-9/h4,6-8,16H,1,5H2,2-3H3. The lowest BCUT2D eigenvalue weighted by Gasteiger charge is -2.28. The molecule has 0 aliphatic rings. The maximum absolute atomic E-state index is 13.2. The van der Waals surface area contributed by atoms with E-state index in [9.17, 15) is 13.6 Å². The maximum Gasteiger partial charge on any atom is 0.330 e. The summed E-state index contributed by atoms with van der Waals surface area (Å²) in [6.07, 6.45) is 1.54. The number of halogens is 2. The average Bonchev–Trinajstić information content (AvgIpc) is 2.33. The number of nitrogens with one attached hydrogen (secondary N) is 1. The Balaban J connectivity index is 3.23. The van der Waals surface area contributed by atoms with Crippen molar-refractivity contribution in [2.24, 2.45) is 0 Å². The molecule has 3 nitrogen and oxygen atoms in total. The lowest BCUT2D eigenvalue weighted by atomic mass is 9.91. The molecule has 1 rings (SSSR count). The minimum absolute atomic E-state index is 0.161. The Morgan fingerprint density at radius 3 is 2.44 bits per heavy atom. The molecule has 0 aliphatic carbocycles. The van der Waals surface area contributed by atoms with Gasteiger partial charge in [-0.15, -0.1) is 6.58 Å². The lowest BCUT2D eigenvalue weighted by Crippen LogP contribution is -2.47. The van der Waals surface area contributed by atoms with Gasteiger partial charge in [-0.3, -0.25) is 5.32 Å². The van der Waals surface area contributed by atoms with Gasteiger partial charge in [-0.25, -0.2) is 13.6 Å². The molecular weight excluding hydrogens is 240 g/mol. The number of esters is 1. The number of carbonyl (C=O) groups is 1. The topological polar surface area (TPSA) is 38.3 Å². The number of ether oxygens (including phenoxy) is 1. The second-order valence-corrected chi connectivity index (χ2v) is 3.94. The van der Waals surface area contributed by atoms with Gasteiger partial charge in [-0.05, 0) is 24.6 Å². The van der Waals surface area contributed by atoms with Crippen LogP contribution in [-0.2, 0) is 15.1 Å².